The van der Waals surface area contributed by atoms with Crippen molar-refractivity contribution in [3.63, 3.8) is 0 Å². The van der Waals surface area contributed by atoms with E-state index in [1.165, 1.54) is 36.4 Å². The lowest BCUT2D eigenvalue weighted by molar-refractivity contribution is 0.0488. The molecule has 0 aliphatic carbocycles. The van der Waals surface area contributed by atoms with E-state index in [4.69, 9.17) is 30.8 Å². The number of carbonyl (C=O) groups excluding carboxylic acids is 1. The molecule has 0 radical (unpaired) electrons. The van der Waals surface area contributed by atoms with Crippen LogP contribution in [0.2, 0.25) is 0 Å². The Morgan fingerprint density at radius 1 is 1.08 bits per heavy atom. The van der Waals surface area contributed by atoms with Gasteiger partial charge in [0.05, 0.1) is 31.0 Å². The summed E-state index contributed by atoms with van der Waals surface area (Å²) in [5, 5.41) is 5.38. The van der Waals surface area contributed by atoms with E-state index in [2.05, 4.69) is 9.77 Å². The molecule has 0 saturated carbocycles. The van der Waals surface area contributed by atoms with Crippen LogP contribution in [-0.4, -0.2) is 59.2 Å². The normalized spacial score (nSPS) is 19.8. The largest absolute Gasteiger partial charge is 0.460 e. The van der Waals surface area contributed by atoms with Gasteiger partial charge in [-0.1, -0.05) is 0 Å². The number of aliphatic imine (C=N–C) groups is 1. The zero-order valence-corrected chi connectivity index (χ0v) is 21.1. The van der Waals surface area contributed by atoms with Gasteiger partial charge in [-0.05, 0) is 67.3 Å². The first kappa shape index (κ1) is 24.7. The maximum atomic E-state index is 13.6. The van der Waals surface area contributed by atoms with Crippen molar-refractivity contribution in [2.45, 2.75) is 13.5 Å². The smallest absolute Gasteiger partial charge is 0.338 e. The van der Waals surface area contributed by atoms with Crippen molar-refractivity contribution in [2.24, 2.45) is 4.99 Å². The Balaban J connectivity index is 1.45. The topological polar surface area (TPSA) is 78.2 Å². The van der Waals surface area contributed by atoms with Crippen molar-refractivity contribution in [2.75, 3.05) is 32.9 Å². The number of ether oxygens (including phenoxy) is 2. The van der Waals surface area contributed by atoms with Gasteiger partial charge < -0.3 is 14.0 Å². The molecule has 12 heteroatoms. The highest BCUT2D eigenvalue weighted by atomic mass is 32.4. The second kappa shape index (κ2) is 10.2. The molecule has 0 spiro atoms. The monoisotopic (exact) mass is 532 g/mol. The number of aryl methyl sites for hydroxylation is 1. The number of nitrogens with zero attached hydrogens (tertiary/aromatic N) is 4. The molecule has 0 amide bonds. The Morgan fingerprint density at radius 3 is 2.39 bits per heavy atom. The number of benzene rings is 2. The number of esters is 1. The van der Waals surface area contributed by atoms with Crippen LogP contribution in [0.5, 0.6) is 0 Å². The molecular weight excluding hydrogens is 509 g/mol. The summed E-state index contributed by atoms with van der Waals surface area (Å²) in [6, 6.07) is 11.0. The Labute approximate surface area is 211 Å². The summed E-state index contributed by atoms with van der Waals surface area (Å²) in [5.41, 5.74) is 1.53. The van der Waals surface area contributed by atoms with Gasteiger partial charge in [-0.15, -0.1) is 0 Å². The minimum Gasteiger partial charge on any atom is -0.460 e. The maximum absolute atomic E-state index is 13.6. The molecule has 1 atom stereocenters. The fourth-order valence-corrected chi connectivity index (χ4v) is 7.83. The molecule has 5 rings (SSSR count). The second-order valence-electron chi connectivity index (χ2n) is 8.23. The molecule has 2 aliphatic heterocycles. The van der Waals surface area contributed by atoms with Crippen LogP contribution in [-0.2, 0) is 32.3 Å². The molecular formula is C24H23F2N4O4PS. The molecule has 2 aliphatic rings. The molecule has 3 aromatic rings. The second-order valence-corrected chi connectivity index (χ2v) is 11.9. The third-order valence-corrected chi connectivity index (χ3v) is 9.96. The lowest BCUT2D eigenvalue weighted by atomic mass is 10.2. The highest BCUT2D eigenvalue weighted by Crippen LogP contribution is 2.56. The highest BCUT2D eigenvalue weighted by Gasteiger charge is 2.42. The van der Waals surface area contributed by atoms with Crippen molar-refractivity contribution in [3.05, 3.63) is 77.0 Å². The van der Waals surface area contributed by atoms with E-state index in [1.807, 2.05) is 6.92 Å². The number of hydrogen-bond acceptors (Lipinski definition) is 7. The van der Waals surface area contributed by atoms with Gasteiger partial charge in [-0.2, -0.15) is 10.1 Å². The van der Waals surface area contributed by atoms with Crippen molar-refractivity contribution >= 4 is 41.2 Å². The summed E-state index contributed by atoms with van der Waals surface area (Å²) in [4.78, 5) is 17.0. The zero-order valence-electron chi connectivity index (χ0n) is 19.4. The Morgan fingerprint density at radius 2 is 1.72 bits per heavy atom. The van der Waals surface area contributed by atoms with E-state index in [0.717, 1.165) is 5.30 Å². The summed E-state index contributed by atoms with van der Waals surface area (Å²) >= 11 is 6.20. The van der Waals surface area contributed by atoms with Gasteiger partial charge in [0.15, 0.2) is 5.82 Å². The Bertz CT molecular complexity index is 1360. The van der Waals surface area contributed by atoms with Gasteiger partial charge in [-0.25, -0.2) is 22.9 Å². The average Bonchev–Trinajstić information content (AvgIpc) is 3.21. The molecule has 1 fully saturated rings. The lowest BCUT2D eigenvalue weighted by Crippen LogP contribution is -2.39. The molecule has 1 saturated heterocycles. The van der Waals surface area contributed by atoms with Crippen molar-refractivity contribution in [1.29, 1.82) is 0 Å². The number of aromatic nitrogens is 2. The molecule has 1 unspecified atom stereocenters. The molecule has 0 bridgehead atoms. The van der Waals surface area contributed by atoms with Crippen LogP contribution in [0, 0.1) is 18.6 Å². The minimum atomic E-state index is -2.80. The predicted octanol–water partition coefficient (Wildman–Crippen LogP) is 3.70. The molecule has 8 nitrogen and oxygen atoms in total. The number of halogens is 2. The SMILES string of the molecule is Cc1nn(CCOC(=O)c2ccc(F)cc2)c2c1P(=S)(N1CCOCC1)OC(c1ccc(F)cc1)=N2. The van der Waals surface area contributed by atoms with Crippen LogP contribution < -0.4 is 5.30 Å². The van der Waals surface area contributed by atoms with E-state index >= 15 is 0 Å². The summed E-state index contributed by atoms with van der Waals surface area (Å²) in [5.74, 6) is -0.539. The molecule has 3 heterocycles. The van der Waals surface area contributed by atoms with E-state index < -0.39 is 18.2 Å². The molecule has 188 valence electrons. The number of fused-ring (bicyclic) bond motifs is 1. The zero-order chi connectivity index (χ0) is 25.3. The number of hydrogen-bond donors (Lipinski definition) is 0. The highest BCUT2D eigenvalue weighted by molar-refractivity contribution is 8.15. The summed E-state index contributed by atoms with van der Waals surface area (Å²) < 4.78 is 47.8. The van der Waals surface area contributed by atoms with Gasteiger partial charge in [-0.3, -0.25) is 0 Å². The fraction of sp³-hybridized carbons (Fsp3) is 0.292. The number of rotatable bonds is 6. The van der Waals surface area contributed by atoms with Crippen LogP contribution in [0.3, 0.4) is 0 Å². The molecule has 36 heavy (non-hydrogen) atoms. The minimum absolute atomic E-state index is 0.0203. The first-order chi connectivity index (χ1) is 17.3. The third-order valence-electron chi connectivity index (χ3n) is 5.84. The summed E-state index contributed by atoms with van der Waals surface area (Å²) in [6.45, 7) is 4.37. The van der Waals surface area contributed by atoms with E-state index in [-0.39, 0.29) is 24.5 Å². The molecule has 2 aromatic carbocycles. The van der Waals surface area contributed by atoms with Crippen molar-refractivity contribution in [3.8, 4) is 0 Å². The van der Waals surface area contributed by atoms with Gasteiger partial charge in [0, 0.05) is 18.7 Å². The van der Waals surface area contributed by atoms with Gasteiger partial charge in [0.25, 0.3) is 0 Å². The quantitative estimate of drug-likeness (QED) is 0.354. The average molecular weight is 533 g/mol. The number of carbonyl (C=O) groups is 1. The first-order valence-electron chi connectivity index (χ1n) is 11.3. The Hall–Kier alpha value is -2.98. The Kier molecular flexibility index (Phi) is 6.98. The van der Waals surface area contributed by atoms with Crippen LogP contribution in [0.4, 0.5) is 14.6 Å². The van der Waals surface area contributed by atoms with E-state index in [9.17, 15) is 13.6 Å². The van der Waals surface area contributed by atoms with E-state index in [0.29, 0.717) is 49.3 Å². The summed E-state index contributed by atoms with van der Waals surface area (Å²) in [6.07, 6.45) is -2.80. The van der Waals surface area contributed by atoms with Crippen molar-refractivity contribution < 1.29 is 27.6 Å². The number of morpholine rings is 1. The molecule has 0 N–H and O–H groups in total. The van der Waals surface area contributed by atoms with Gasteiger partial charge in [0.1, 0.15) is 23.5 Å². The van der Waals surface area contributed by atoms with Crippen LogP contribution in [0.1, 0.15) is 21.6 Å². The maximum Gasteiger partial charge on any atom is 0.338 e. The van der Waals surface area contributed by atoms with E-state index in [1.54, 1.807) is 16.8 Å². The molecule has 1 aromatic heterocycles. The van der Waals surface area contributed by atoms with Gasteiger partial charge in [0.2, 0.25) is 12.3 Å². The van der Waals surface area contributed by atoms with Crippen LogP contribution >= 0.6 is 6.42 Å². The fourth-order valence-electron chi connectivity index (χ4n) is 4.06. The van der Waals surface area contributed by atoms with Gasteiger partial charge >= 0.3 is 5.97 Å². The van der Waals surface area contributed by atoms with Crippen LogP contribution in [0.25, 0.3) is 0 Å². The third kappa shape index (κ3) is 4.84. The van der Waals surface area contributed by atoms with Crippen LogP contribution in [0.15, 0.2) is 53.5 Å². The standard InChI is InChI=1S/C24H23F2N4O4PS/c1-16-21-22(30(28-16)12-15-33-24(31)18-4-8-20(26)9-5-18)27-23(17-2-6-19(25)7-3-17)34-35(21,36)29-10-13-32-14-11-29/h2-9H,10-15H2,1H3. The summed E-state index contributed by atoms with van der Waals surface area (Å²) in [7, 11) is 0. The predicted molar refractivity (Wildman–Crippen MR) is 134 cm³/mol. The first-order valence-corrected chi connectivity index (χ1v) is 14.0. The lowest BCUT2D eigenvalue weighted by Gasteiger charge is -2.38. The van der Waals surface area contributed by atoms with Crippen molar-refractivity contribution in [1.82, 2.24) is 14.5 Å².